The van der Waals surface area contributed by atoms with E-state index in [0.717, 1.165) is 23.7 Å². The van der Waals surface area contributed by atoms with Gasteiger partial charge in [-0.3, -0.25) is 0 Å². The van der Waals surface area contributed by atoms with E-state index in [1.807, 2.05) is 0 Å². The van der Waals surface area contributed by atoms with E-state index in [4.69, 9.17) is 0 Å². The Morgan fingerprint density at radius 3 is 0.667 bits per heavy atom. The third-order valence-electron chi connectivity index (χ3n) is 4.61. The van der Waals surface area contributed by atoms with Gasteiger partial charge < -0.3 is 0 Å². The third-order valence-corrected chi connectivity index (χ3v) is 4.61. The number of hydrogen-bond donors (Lipinski definition) is 0. The molecule has 0 heteroatoms. The first kappa shape index (κ1) is 20.3. The minimum Gasteiger partial charge on any atom is -0.0776 e. The van der Waals surface area contributed by atoms with Gasteiger partial charge in [0.25, 0.3) is 0 Å². The second-order valence-electron chi connectivity index (χ2n) is 6.73. The summed E-state index contributed by atoms with van der Waals surface area (Å²) in [5.74, 6) is 4.08. The molecule has 0 N–H and O–H groups in total. The van der Waals surface area contributed by atoms with Crippen LogP contribution in [-0.2, 0) is 0 Å². The smallest absolute Gasteiger partial charge is 0 e. The van der Waals surface area contributed by atoms with Gasteiger partial charge in [-0.25, -0.2) is 0 Å². The van der Waals surface area contributed by atoms with Gasteiger partial charge in [0.2, 0.25) is 0 Å². The van der Waals surface area contributed by atoms with Gasteiger partial charge >= 0.3 is 0 Å². The second kappa shape index (κ2) is 10.9. The van der Waals surface area contributed by atoms with E-state index < -0.39 is 0 Å². The zero-order valence-electron chi connectivity index (χ0n) is 12.0. The van der Waals surface area contributed by atoms with Crippen LogP contribution in [0.25, 0.3) is 0 Å². The average Bonchev–Trinajstić information content (AvgIpc) is 2.28. The van der Waals surface area contributed by atoms with Crippen LogP contribution >= 0.6 is 0 Å². The fraction of sp³-hybridized carbons (Fsp3) is 1.00. The largest absolute Gasteiger partial charge is 0.0776 e. The fourth-order valence-corrected chi connectivity index (χ4v) is 2.85. The highest BCUT2D eigenvalue weighted by Gasteiger charge is 2.13. The topological polar surface area (TPSA) is 0 Å². The molecule has 0 atom stereocenters. The molecule has 2 aliphatic carbocycles. The molecule has 0 nitrogen and oxygen atoms in total. The third kappa shape index (κ3) is 9.00. The van der Waals surface area contributed by atoms with Gasteiger partial charge in [-0.15, -0.1) is 0 Å². The SMILES string of the molecule is C.C.CC1CCC(C)CC1.CC1CCC(C)CC1.[HH]. The first-order valence-corrected chi connectivity index (χ1v) is 7.58. The van der Waals surface area contributed by atoms with E-state index in [2.05, 4.69) is 27.7 Å². The molecule has 0 aromatic rings. The summed E-state index contributed by atoms with van der Waals surface area (Å²) in [6.45, 7) is 9.47. The van der Waals surface area contributed by atoms with Crippen LogP contribution in [0.5, 0.6) is 0 Å². The van der Waals surface area contributed by atoms with Crippen LogP contribution in [-0.4, -0.2) is 0 Å². The van der Waals surface area contributed by atoms with Gasteiger partial charge in [0, 0.05) is 1.43 Å². The van der Waals surface area contributed by atoms with Gasteiger partial charge in [-0.05, 0) is 23.7 Å². The van der Waals surface area contributed by atoms with Crippen molar-refractivity contribution in [1.29, 1.82) is 0 Å². The summed E-state index contributed by atoms with van der Waals surface area (Å²) in [5, 5.41) is 0. The highest BCUT2D eigenvalue weighted by molar-refractivity contribution is 4.66. The molecule has 0 radical (unpaired) electrons. The lowest BCUT2D eigenvalue weighted by Gasteiger charge is -2.22. The Morgan fingerprint density at radius 2 is 0.556 bits per heavy atom. The fourth-order valence-electron chi connectivity index (χ4n) is 2.85. The molecule has 2 saturated carbocycles. The lowest BCUT2D eigenvalue weighted by Crippen LogP contribution is -2.08. The molecule has 0 aliphatic heterocycles. The average molecular weight is 259 g/mol. The quantitative estimate of drug-likeness (QED) is 0.431. The van der Waals surface area contributed by atoms with Crippen molar-refractivity contribution in [2.45, 2.75) is 93.9 Å². The van der Waals surface area contributed by atoms with Crippen molar-refractivity contribution in [2.75, 3.05) is 0 Å². The standard InChI is InChI=1S/2C8H16.2CH4.H2/c2*1-7-3-5-8(2)6-4-7;;;/h2*7-8H,3-6H2,1-2H3;2*1H4;1H. The molecule has 0 saturated heterocycles. The van der Waals surface area contributed by atoms with Crippen molar-refractivity contribution in [3.8, 4) is 0 Å². The zero-order valence-corrected chi connectivity index (χ0v) is 12.0. The van der Waals surface area contributed by atoms with Crippen molar-refractivity contribution in [2.24, 2.45) is 23.7 Å². The van der Waals surface area contributed by atoms with Crippen LogP contribution < -0.4 is 0 Å². The van der Waals surface area contributed by atoms with E-state index in [0.29, 0.717) is 0 Å². The van der Waals surface area contributed by atoms with Crippen LogP contribution in [0.3, 0.4) is 0 Å². The Labute approximate surface area is 119 Å². The van der Waals surface area contributed by atoms with Crippen molar-refractivity contribution in [1.82, 2.24) is 0 Å². The molecule has 0 aromatic carbocycles. The van der Waals surface area contributed by atoms with Crippen molar-refractivity contribution >= 4 is 0 Å². The molecule has 0 bridgehead atoms. The maximum atomic E-state index is 2.37. The Bertz CT molecular complexity index is 123. The second-order valence-corrected chi connectivity index (χ2v) is 6.73. The molecule has 0 aromatic heterocycles. The Kier molecular flexibility index (Phi) is 12.3. The van der Waals surface area contributed by atoms with Crippen LogP contribution in [0.2, 0.25) is 0 Å². The maximum Gasteiger partial charge on any atom is 0 e. The maximum absolute atomic E-state index is 2.37. The number of hydrogen-bond acceptors (Lipinski definition) is 0. The Balaban J connectivity index is -0.000000233. The van der Waals surface area contributed by atoms with Gasteiger partial charge in [0.1, 0.15) is 0 Å². The van der Waals surface area contributed by atoms with E-state index in [1.165, 1.54) is 51.4 Å². The van der Waals surface area contributed by atoms with Crippen molar-refractivity contribution in [3.05, 3.63) is 0 Å². The zero-order chi connectivity index (χ0) is 12.0. The molecule has 0 unspecified atom stereocenters. The van der Waals surface area contributed by atoms with E-state index in [-0.39, 0.29) is 16.3 Å². The lowest BCUT2D eigenvalue weighted by molar-refractivity contribution is 0.308. The lowest BCUT2D eigenvalue weighted by atomic mass is 9.84. The summed E-state index contributed by atoms with van der Waals surface area (Å²) < 4.78 is 0. The molecule has 18 heavy (non-hydrogen) atoms. The molecular formula is C18H42. The Hall–Kier alpha value is 0. The first-order chi connectivity index (χ1) is 7.58. The molecule has 2 fully saturated rings. The van der Waals surface area contributed by atoms with Gasteiger partial charge in [0.15, 0.2) is 0 Å². The molecule has 114 valence electrons. The molecule has 0 heterocycles. The van der Waals surface area contributed by atoms with Gasteiger partial charge in [-0.1, -0.05) is 93.9 Å². The summed E-state index contributed by atoms with van der Waals surface area (Å²) in [7, 11) is 0. The van der Waals surface area contributed by atoms with Crippen LogP contribution in [0, 0.1) is 23.7 Å². The van der Waals surface area contributed by atoms with E-state index >= 15 is 0 Å². The molecule has 0 amide bonds. The van der Waals surface area contributed by atoms with Crippen LogP contribution in [0.15, 0.2) is 0 Å². The minimum atomic E-state index is 0. The monoisotopic (exact) mass is 258 g/mol. The number of rotatable bonds is 0. The highest BCUT2D eigenvalue weighted by atomic mass is 14.2. The minimum absolute atomic E-state index is 0. The molecule has 0 spiro atoms. The van der Waals surface area contributed by atoms with Gasteiger partial charge in [-0.2, -0.15) is 0 Å². The predicted molar refractivity (Wildman–Crippen MR) is 89.2 cm³/mol. The van der Waals surface area contributed by atoms with Crippen LogP contribution in [0.1, 0.15) is 95.3 Å². The Morgan fingerprint density at radius 1 is 0.444 bits per heavy atom. The predicted octanol–water partition coefficient (Wildman–Crippen LogP) is 7.18. The molecular weight excluding hydrogens is 216 g/mol. The first-order valence-electron chi connectivity index (χ1n) is 7.58. The van der Waals surface area contributed by atoms with Crippen molar-refractivity contribution < 1.29 is 1.43 Å². The van der Waals surface area contributed by atoms with E-state index in [9.17, 15) is 0 Å². The molecule has 2 aliphatic rings. The summed E-state index contributed by atoms with van der Waals surface area (Å²) in [6.07, 6.45) is 11.8. The summed E-state index contributed by atoms with van der Waals surface area (Å²) in [4.78, 5) is 0. The summed E-state index contributed by atoms with van der Waals surface area (Å²) in [5.41, 5.74) is 0. The normalized spacial score (nSPS) is 35.3. The van der Waals surface area contributed by atoms with Crippen LogP contribution in [0.4, 0.5) is 0 Å². The van der Waals surface area contributed by atoms with E-state index in [1.54, 1.807) is 0 Å². The van der Waals surface area contributed by atoms with Crippen molar-refractivity contribution in [3.63, 3.8) is 0 Å². The van der Waals surface area contributed by atoms with Gasteiger partial charge in [0.05, 0.1) is 0 Å². The summed E-state index contributed by atoms with van der Waals surface area (Å²) in [6, 6.07) is 0. The highest BCUT2D eigenvalue weighted by Crippen LogP contribution is 2.27. The molecule has 2 rings (SSSR count). The summed E-state index contributed by atoms with van der Waals surface area (Å²) >= 11 is 0.